The first-order chi connectivity index (χ1) is 12.4. The van der Waals surface area contributed by atoms with Gasteiger partial charge in [-0.15, -0.1) is 0 Å². The van der Waals surface area contributed by atoms with Crippen LogP contribution in [0, 0.1) is 0 Å². The first-order valence-electron chi connectivity index (χ1n) is 7.79. The van der Waals surface area contributed by atoms with E-state index in [1.165, 1.54) is 12.1 Å². The van der Waals surface area contributed by atoms with Crippen LogP contribution in [0.2, 0.25) is 10.0 Å². The third-order valence-electron chi connectivity index (χ3n) is 3.77. The number of halogens is 2. The fraction of sp³-hybridized carbons (Fsp3) is 0.167. The Morgan fingerprint density at radius 1 is 1.08 bits per heavy atom. The second-order valence-corrected chi connectivity index (χ2v) is 6.30. The number of hydrogen-bond acceptors (Lipinski definition) is 4. The number of benzene rings is 2. The Morgan fingerprint density at radius 3 is 2.23 bits per heavy atom. The molecule has 3 amide bonds. The van der Waals surface area contributed by atoms with Crippen LogP contribution in [0.3, 0.4) is 0 Å². The van der Waals surface area contributed by atoms with Crippen LogP contribution < -0.4 is 10.1 Å². The van der Waals surface area contributed by atoms with E-state index in [4.69, 9.17) is 27.9 Å². The van der Waals surface area contributed by atoms with Crippen molar-refractivity contribution in [3.05, 3.63) is 57.6 Å². The van der Waals surface area contributed by atoms with E-state index in [0.717, 1.165) is 4.90 Å². The number of nitrogens with zero attached hydrogens (tertiary/aromatic N) is 1. The monoisotopic (exact) mass is 392 g/mol. The average Bonchev–Trinajstić information content (AvgIpc) is 2.82. The third kappa shape index (κ3) is 3.38. The minimum Gasteiger partial charge on any atom is -0.492 e. The number of hydrogen-bond donors (Lipinski definition) is 1. The predicted molar refractivity (Wildman–Crippen MR) is 98.1 cm³/mol. The first kappa shape index (κ1) is 18.2. The van der Waals surface area contributed by atoms with Gasteiger partial charge in [0.15, 0.2) is 0 Å². The normalized spacial score (nSPS) is 13.0. The van der Waals surface area contributed by atoms with Gasteiger partial charge in [0.1, 0.15) is 12.3 Å². The zero-order valence-electron chi connectivity index (χ0n) is 13.7. The number of fused-ring (bicyclic) bond motifs is 1. The Hall–Kier alpha value is -2.57. The summed E-state index contributed by atoms with van der Waals surface area (Å²) in [5.74, 6) is -1.19. The largest absolute Gasteiger partial charge is 0.492 e. The quantitative estimate of drug-likeness (QED) is 0.788. The maximum Gasteiger partial charge on any atom is 0.262 e. The van der Waals surface area contributed by atoms with Crippen LogP contribution in [-0.4, -0.2) is 35.8 Å². The molecule has 0 spiro atoms. The molecule has 3 rings (SSSR count). The fourth-order valence-electron chi connectivity index (χ4n) is 2.61. The third-order valence-corrected chi connectivity index (χ3v) is 4.50. The van der Waals surface area contributed by atoms with Crippen molar-refractivity contribution in [1.82, 2.24) is 4.90 Å². The van der Waals surface area contributed by atoms with Gasteiger partial charge in [-0.2, -0.15) is 0 Å². The number of rotatable bonds is 5. The van der Waals surface area contributed by atoms with E-state index in [0.29, 0.717) is 18.0 Å². The molecular weight excluding hydrogens is 379 g/mol. The Morgan fingerprint density at radius 2 is 1.65 bits per heavy atom. The Balaban J connectivity index is 1.77. The van der Waals surface area contributed by atoms with Gasteiger partial charge < -0.3 is 10.1 Å². The van der Waals surface area contributed by atoms with Gasteiger partial charge in [-0.25, -0.2) is 0 Å². The van der Waals surface area contributed by atoms with Crippen LogP contribution in [-0.2, 0) is 4.79 Å². The molecule has 0 saturated heterocycles. The molecular formula is C18H14Cl2N2O4. The molecule has 134 valence electrons. The van der Waals surface area contributed by atoms with Crippen molar-refractivity contribution in [3.8, 4) is 5.75 Å². The van der Waals surface area contributed by atoms with Crippen LogP contribution in [0.25, 0.3) is 0 Å². The molecule has 0 saturated carbocycles. The van der Waals surface area contributed by atoms with Crippen molar-refractivity contribution in [1.29, 1.82) is 0 Å². The maximum absolute atomic E-state index is 12.4. The molecule has 6 nitrogen and oxygen atoms in total. The molecule has 0 aromatic heterocycles. The van der Waals surface area contributed by atoms with E-state index >= 15 is 0 Å². The standard InChI is InChI=1S/C18H14Cl2N2O4/c1-2-26-15-6-4-3-5-14(15)21-16(23)9-22-17(24)10-7-12(19)13(20)8-11(10)18(22)25/h3-8H,2,9H2,1H3,(H,21,23). The molecule has 26 heavy (non-hydrogen) atoms. The van der Waals surface area contributed by atoms with Crippen LogP contribution in [0.1, 0.15) is 27.6 Å². The molecule has 1 N–H and O–H groups in total. The van der Waals surface area contributed by atoms with Crippen molar-refractivity contribution in [2.75, 3.05) is 18.5 Å². The minimum absolute atomic E-state index is 0.131. The van der Waals surface area contributed by atoms with Gasteiger partial charge in [0.25, 0.3) is 11.8 Å². The SMILES string of the molecule is CCOc1ccccc1NC(=O)CN1C(=O)c2cc(Cl)c(Cl)cc2C1=O. The number of para-hydroxylation sites is 2. The lowest BCUT2D eigenvalue weighted by Crippen LogP contribution is -2.37. The van der Waals surface area contributed by atoms with Crippen molar-refractivity contribution in [3.63, 3.8) is 0 Å². The van der Waals surface area contributed by atoms with Crippen molar-refractivity contribution < 1.29 is 19.1 Å². The molecule has 0 unspecified atom stereocenters. The zero-order valence-corrected chi connectivity index (χ0v) is 15.2. The molecule has 1 heterocycles. The summed E-state index contributed by atoms with van der Waals surface area (Å²) in [5, 5.41) is 2.99. The molecule has 8 heteroatoms. The van der Waals surface area contributed by atoms with Gasteiger partial charge in [0.2, 0.25) is 5.91 Å². The number of amides is 3. The molecule has 2 aromatic rings. The highest BCUT2D eigenvalue weighted by molar-refractivity contribution is 6.43. The summed E-state index contributed by atoms with van der Waals surface area (Å²) in [7, 11) is 0. The van der Waals surface area contributed by atoms with E-state index in [9.17, 15) is 14.4 Å². The molecule has 0 bridgehead atoms. The summed E-state index contributed by atoms with van der Waals surface area (Å²) in [4.78, 5) is 38.0. The van der Waals surface area contributed by atoms with Crippen LogP contribution in [0.15, 0.2) is 36.4 Å². The van der Waals surface area contributed by atoms with Gasteiger partial charge in [0, 0.05) is 0 Å². The minimum atomic E-state index is -0.586. The lowest BCUT2D eigenvalue weighted by Gasteiger charge is -2.15. The molecule has 0 atom stereocenters. The van der Waals surface area contributed by atoms with Gasteiger partial charge >= 0.3 is 0 Å². The highest BCUT2D eigenvalue weighted by Crippen LogP contribution is 2.31. The Bertz CT molecular complexity index is 873. The zero-order chi connectivity index (χ0) is 18.8. The van der Waals surface area contributed by atoms with E-state index < -0.39 is 24.3 Å². The lowest BCUT2D eigenvalue weighted by atomic mass is 10.1. The average molecular weight is 393 g/mol. The fourth-order valence-corrected chi connectivity index (χ4v) is 2.94. The lowest BCUT2D eigenvalue weighted by molar-refractivity contribution is -0.116. The summed E-state index contributed by atoms with van der Waals surface area (Å²) < 4.78 is 5.44. The summed E-state index contributed by atoms with van der Waals surface area (Å²) >= 11 is 11.8. The van der Waals surface area contributed by atoms with Crippen LogP contribution in [0.4, 0.5) is 5.69 Å². The molecule has 1 aliphatic rings. The molecule has 0 aliphatic carbocycles. The van der Waals surface area contributed by atoms with E-state index in [2.05, 4.69) is 5.32 Å². The molecule has 0 fully saturated rings. The first-order valence-corrected chi connectivity index (χ1v) is 8.55. The van der Waals surface area contributed by atoms with Gasteiger partial charge in [-0.05, 0) is 31.2 Å². The Labute approximate surface area is 159 Å². The van der Waals surface area contributed by atoms with E-state index in [1.54, 1.807) is 24.3 Å². The number of anilines is 1. The number of carbonyl (C=O) groups excluding carboxylic acids is 3. The predicted octanol–water partition coefficient (Wildman–Crippen LogP) is 3.63. The molecule has 2 aromatic carbocycles. The summed E-state index contributed by atoms with van der Waals surface area (Å²) in [5.41, 5.74) is 0.723. The van der Waals surface area contributed by atoms with E-state index in [-0.39, 0.29) is 21.2 Å². The van der Waals surface area contributed by atoms with Crippen molar-refractivity contribution >= 4 is 46.6 Å². The van der Waals surface area contributed by atoms with Crippen LogP contribution >= 0.6 is 23.2 Å². The van der Waals surface area contributed by atoms with Gasteiger partial charge in [-0.3, -0.25) is 19.3 Å². The van der Waals surface area contributed by atoms with E-state index in [1.807, 2.05) is 6.92 Å². The summed E-state index contributed by atoms with van der Waals surface area (Å²) in [6.07, 6.45) is 0. The summed E-state index contributed by atoms with van der Waals surface area (Å²) in [6, 6.07) is 9.57. The van der Waals surface area contributed by atoms with Crippen molar-refractivity contribution in [2.24, 2.45) is 0 Å². The second-order valence-electron chi connectivity index (χ2n) is 5.49. The van der Waals surface area contributed by atoms with Gasteiger partial charge in [-0.1, -0.05) is 35.3 Å². The second kappa shape index (κ2) is 7.35. The number of imide groups is 1. The van der Waals surface area contributed by atoms with Crippen molar-refractivity contribution in [2.45, 2.75) is 6.92 Å². The maximum atomic E-state index is 12.4. The number of carbonyl (C=O) groups is 3. The topological polar surface area (TPSA) is 75.7 Å². The molecule has 0 radical (unpaired) electrons. The Kier molecular flexibility index (Phi) is 5.15. The number of nitrogens with one attached hydrogen (secondary N) is 1. The van der Waals surface area contributed by atoms with Gasteiger partial charge in [0.05, 0.1) is 33.5 Å². The van der Waals surface area contributed by atoms with Crippen LogP contribution in [0.5, 0.6) is 5.75 Å². The smallest absolute Gasteiger partial charge is 0.262 e. The molecule has 1 aliphatic heterocycles. The highest BCUT2D eigenvalue weighted by atomic mass is 35.5. The number of ether oxygens (including phenoxy) is 1. The highest BCUT2D eigenvalue weighted by Gasteiger charge is 2.37. The summed E-state index contributed by atoms with van der Waals surface area (Å²) in [6.45, 7) is 1.84.